The average molecular weight is 153 g/mol. The van der Waals surface area contributed by atoms with Crippen molar-refractivity contribution in [2.24, 2.45) is 10.2 Å². The zero-order valence-corrected chi connectivity index (χ0v) is 6.27. The van der Waals surface area contributed by atoms with Crippen molar-refractivity contribution >= 4 is 12.1 Å². The van der Waals surface area contributed by atoms with Crippen LogP contribution < -0.4 is 0 Å². The van der Waals surface area contributed by atoms with Gasteiger partial charge in [-0.25, -0.2) is 0 Å². The fourth-order valence-electron chi connectivity index (χ4n) is 1.30. The zero-order valence-electron chi connectivity index (χ0n) is 6.27. The van der Waals surface area contributed by atoms with Gasteiger partial charge in [-0.05, 0) is 6.42 Å². The molecule has 11 heavy (non-hydrogen) atoms. The molecule has 1 N–H and O–H groups in total. The Morgan fingerprint density at radius 1 is 1.55 bits per heavy atom. The van der Waals surface area contributed by atoms with Crippen molar-refractivity contribution < 1.29 is 5.11 Å². The predicted molar refractivity (Wildman–Crippen MR) is 42.7 cm³/mol. The highest BCUT2D eigenvalue weighted by Gasteiger charge is 2.27. The van der Waals surface area contributed by atoms with E-state index in [0.717, 1.165) is 31.8 Å². The summed E-state index contributed by atoms with van der Waals surface area (Å²) in [5, 5.41) is 16.8. The standard InChI is InChI=1S/C7H11N3O/c11-6-4-10(5-6)7-2-1-3-8-9-7/h3,6,11H,1-2,4-5H2. The van der Waals surface area contributed by atoms with Gasteiger partial charge >= 0.3 is 0 Å². The smallest absolute Gasteiger partial charge is 0.128 e. The summed E-state index contributed by atoms with van der Waals surface area (Å²) in [5.74, 6) is 1.03. The van der Waals surface area contributed by atoms with E-state index in [4.69, 9.17) is 5.11 Å². The van der Waals surface area contributed by atoms with E-state index in [9.17, 15) is 0 Å². The van der Waals surface area contributed by atoms with E-state index in [1.165, 1.54) is 0 Å². The topological polar surface area (TPSA) is 48.2 Å². The molecule has 1 fully saturated rings. The summed E-state index contributed by atoms with van der Waals surface area (Å²) in [5.41, 5.74) is 0. The van der Waals surface area contributed by atoms with Gasteiger partial charge in [0.1, 0.15) is 5.84 Å². The first-order valence-corrected chi connectivity index (χ1v) is 3.87. The summed E-state index contributed by atoms with van der Waals surface area (Å²) in [4.78, 5) is 2.07. The van der Waals surface area contributed by atoms with E-state index in [1.807, 2.05) is 6.21 Å². The quantitative estimate of drug-likeness (QED) is 0.525. The number of aliphatic hydroxyl groups is 1. The fourth-order valence-corrected chi connectivity index (χ4v) is 1.30. The molecule has 0 radical (unpaired) electrons. The summed E-state index contributed by atoms with van der Waals surface area (Å²) < 4.78 is 0. The van der Waals surface area contributed by atoms with Crippen LogP contribution in [0, 0.1) is 0 Å². The Morgan fingerprint density at radius 3 is 2.91 bits per heavy atom. The molecule has 2 aliphatic heterocycles. The average Bonchev–Trinajstić information content (AvgIpc) is 2.01. The SMILES string of the molecule is OC1CN(C2=NN=CCC2)C1. The molecule has 60 valence electrons. The van der Waals surface area contributed by atoms with Crippen molar-refractivity contribution in [3.8, 4) is 0 Å². The number of rotatable bonds is 0. The number of nitrogens with zero attached hydrogens (tertiary/aromatic N) is 3. The molecular weight excluding hydrogens is 142 g/mol. The van der Waals surface area contributed by atoms with E-state index in [2.05, 4.69) is 15.1 Å². The molecule has 2 aliphatic rings. The van der Waals surface area contributed by atoms with Crippen LogP contribution in [0.1, 0.15) is 12.8 Å². The lowest BCUT2D eigenvalue weighted by molar-refractivity contribution is 0.0451. The molecule has 0 aliphatic carbocycles. The number of likely N-dealkylation sites (tertiary alicyclic amines) is 1. The Hall–Kier alpha value is -0.900. The Bertz CT molecular complexity index is 206. The summed E-state index contributed by atoms with van der Waals surface area (Å²) in [6.45, 7) is 1.46. The second-order valence-electron chi connectivity index (χ2n) is 2.91. The van der Waals surface area contributed by atoms with Crippen LogP contribution in [0.5, 0.6) is 0 Å². The monoisotopic (exact) mass is 153 g/mol. The Morgan fingerprint density at radius 2 is 2.36 bits per heavy atom. The second-order valence-corrected chi connectivity index (χ2v) is 2.91. The third kappa shape index (κ3) is 1.26. The van der Waals surface area contributed by atoms with Gasteiger partial charge < -0.3 is 10.0 Å². The van der Waals surface area contributed by atoms with Crippen molar-refractivity contribution in [1.29, 1.82) is 0 Å². The van der Waals surface area contributed by atoms with Crippen LogP contribution >= 0.6 is 0 Å². The third-order valence-electron chi connectivity index (χ3n) is 1.98. The molecule has 0 aromatic heterocycles. The first-order chi connectivity index (χ1) is 5.36. The zero-order chi connectivity index (χ0) is 7.68. The van der Waals surface area contributed by atoms with Gasteiger partial charge in [0.15, 0.2) is 0 Å². The highest BCUT2D eigenvalue weighted by atomic mass is 16.3. The van der Waals surface area contributed by atoms with Crippen molar-refractivity contribution in [3.05, 3.63) is 0 Å². The maximum absolute atomic E-state index is 9.01. The molecule has 2 heterocycles. The molecule has 0 amide bonds. The summed E-state index contributed by atoms with van der Waals surface area (Å²) >= 11 is 0. The number of aliphatic hydroxyl groups excluding tert-OH is 1. The van der Waals surface area contributed by atoms with Gasteiger partial charge in [-0.1, -0.05) is 0 Å². The first-order valence-electron chi connectivity index (χ1n) is 3.87. The van der Waals surface area contributed by atoms with E-state index in [1.54, 1.807) is 0 Å². The van der Waals surface area contributed by atoms with Crippen LogP contribution in [0.4, 0.5) is 0 Å². The molecule has 4 nitrogen and oxygen atoms in total. The van der Waals surface area contributed by atoms with E-state index >= 15 is 0 Å². The fraction of sp³-hybridized carbons (Fsp3) is 0.714. The first kappa shape index (κ1) is 6.79. The van der Waals surface area contributed by atoms with E-state index in [-0.39, 0.29) is 6.10 Å². The van der Waals surface area contributed by atoms with Crippen molar-refractivity contribution in [2.45, 2.75) is 18.9 Å². The van der Waals surface area contributed by atoms with Crippen molar-refractivity contribution in [2.75, 3.05) is 13.1 Å². The van der Waals surface area contributed by atoms with Gasteiger partial charge in [0, 0.05) is 25.7 Å². The van der Waals surface area contributed by atoms with Crippen LogP contribution in [0.15, 0.2) is 10.2 Å². The van der Waals surface area contributed by atoms with Crippen LogP contribution in [0.25, 0.3) is 0 Å². The van der Waals surface area contributed by atoms with Crippen LogP contribution in [0.3, 0.4) is 0 Å². The van der Waals surface area contributed by atoms with Gasteiger partial charge in [0.25, 0.3) is 0 Å². The van der Waals surface area contributed by atoms with Crippen LogP contribution in [-0.2, 0) is 0 Å². The van der Waals surface area contributed by atoms with Gasteiger partial charge in [0.2, 0.25) is 0 Å². The summed E-state index contributed by atoms with van der Waals surface area (Å²) in [6, 6.07) is 0. The maximum Gasteiger partial charge on any atom is 0.128 e. The molecule has 2 rings (SSSR count). The molecule has 0 spiro atoms. The largest absolute Gasteiger partial charge is 0.389 e. The molecule has 1 saturated heterocycles. The normalized spacial score (nSPS) is 24.8. The minimum Gasteiger partial charge on any atom is -0.389 e. The number of hydrogen-bond acceptors (Lipinski definition) is 4. The van der Waals surface area contributed by atoms with Gasteiger partial charge in [-0.3, -0.25) is 0 Å². The predicted octanol–water partition coefficient (Wildman–Crippen LogP) is -0.159. The number of amidine groups is 1. The van der Waals surface area contributed by atoms with Gasteiger partial charge in [-0.15, -0.1) is 5.10 Å². The van der Waals surface area contributed by atoms with Crippen LogP contribution in [0.2, 0.25) is 0 Å². The molecule has 0 bridgehead atoms. The second kappa shape index (κ2) is 2.62. The van der Waals surface area contributed by atoms with E-state index in [0.29, 0.717) is 0 Å². The van der Waals surface area contributed by atoms with Crippen LogP contribution in [-0.4, -0.2) is 41.3 Å². The lowest BCUT2D eigenvalue weighted by Crippen LogP contribution is -2.53. The maximum atomic E-state index is 9.01. The Kier molecular flexibility index (Phi) is 1.62. The lowest BCUT2D eigenvalue weighted by atomic mass is 10.1. The third-order valence-corrected chi connectivity index (χ3v) is 1.98. The summed E-state index contributed by atoms with van der Waals surface area (Å²) in [7, 11) is 0. The highest BCUT2D eigenvalue weighted by molar-refractivity contribution is 5.86. The minimum atomic E-state index is -0.149. The molecule has 0 aromatic rings. The van der Waals surface area contributed by atoms with E-state index < -0.39 is 0 Å². The molecular formula is C7H11N3O. The Balaban J connectivity index is 1.95. The molecule has 0 unspecified atom stereocenters. The van der Waals surface area contributed by atoms with Gasteiger partial charge in [-0.2, -0.15) is 5.10 Å². The molecule has 0 aromatic carbocycles. The molecule has 0 atom stereocenters. The minimum absolute atomic E-state index is 0.149. The lowest BCUT2D eigenvalue weighted by Gasteiger charge is -2.38. The number of β-amino-alcohol motifs (C(OH)–C–C–N with tert-alkyl or cyclic N) is 1. The number of hydrogen-bond donors (Lipinski definition) is 1. The van der Waals surface area contributed by atoms with Crippen molar-refractivity contribution in [1.82, 2.24) is 4.90 Å². The van der Waals surface area contributed by atoms with Gasteiger partial charge in [0.05, 0.1) is 6.10 Å². The highest BCUT2D eigenvalue weighted by Crippen LogP contribution is 2.12. The molecule has 4 heteroatoms. The summed E-state index contributed by atoms with van der Waals surface area (Å²) in [6.07, 6.45) is 3.62. The molecule has 0 saturated carbocycles. The Labute approximate surface area is 65.2 Å². The van der Waals surface area contributed by atoms with Crippen molar-refractivity contribution in [3.63, 3.8) is 0 Å².